The fourth-order valence-electron chi connectivity index (χ4n) is 6.92. The van der Waals surface area contributed by atoms with E-state index in [9.17, 15) is 9.90 Å². The van der Waals surface area contributed by atoms with Crippen molar-refractivity contribution in [3.05, 3.63) is 78.5 Å². The van der Waals surface area contributed by atoms with Crippen LogP contribution in [-0.4, -0.2) is 82.2 Å². The first kappa shape index (κ1) is 31.6. The molecular formula is C37H45N6O3+. The third kappa shape index (κ3) is 5.84. The number of piperidine rings is 1. The maximum atomic E-state index is 12.0. The van der Waals surface area contributed by atoms with Crippen molar-refractivity contribution in [3.8, 4) is 34.5 Å². The molecule has 2 fully saturated rings. The highest BCUT2D eigenvalue weighted by Gasteiger charge is 2.45. The number of nitrogens with one attached hydrogen (secondary N) is 1. The number of para-hydroxylation sites is 1. The molecule has 0 spiro atoms. The van der Waals surface area contributed by atoms with Gasteiger partial charge in [0, 0.05) is 50.1 Å². The first-order chi connectivity index (χ1) is 22.3. The minimum absolute atomic E-state index is 0.0191. The van der Waals surface area contributed by atoms with Gasteiger partial charge in [-0.1, -0.05) is 49.8 Å². The van der Waals surface area contributed by atoms with Crippen LogP contribution in [0.4, 0.5) is 5.82 Å². The molecule has 240 valence electrons. The summed E-state index contributed by atoms with van der Waals surface area (Å²) in [6.45, 7) is 11.1. The van der Waals surface area contributed by atoms with Gasteiger partial charge < -0.3 is 14.7 Å². The summed E-state index contributed by atoms with van der Waals surface area (Å²) in [5, 5.41) is 13.9. The molecule has 2 saturated heterocycles. The van der Waals surface area contributed by atoms with Gasteiger partial charge in [0.1, 0.15) is 17.2 Å². The van der Waals surface area contributed by atoms with E-state index in [0.29, 0.717) is 12.5 Å². The number of ether oxygens (including phenoxy) is 1. The largest absolute Gasteiger partial charge is 0.457 e. The Morgan fingerprint density at radius 2 is 1.85 bits per heavy atom. The van der Waals surface area contributed by atoms with Crippen molar-refractivity contribution in [2.24, 2.45) is 11.7 Å². The first-order valence-corrected chi connectivity index (χ1v) is 16.3. The summed E-state index contributed by atoms with van der Waals surface area (Å²) in [6.07, 6.45) is 5.94. The van der Waals surface area contributed by atoms with E-state index < -0.39 is 5.66 Å². The number of hydrogen-bond donors (Lipinski definition) is 3. The van der Waals surface area contributed by atoms with Crippen molar-refractivity contribution in [1.82, 2.24) is 14.4 Å². The average Bonchev–Trinajstić information content (AvgIpc) is 3.41. The fraction of sp³-hybridized carbons (Fsp3) is 0.405. The lowest BCUT2D eigenvalue weighted by Crippen LogP contribution is -2.55. The molecule has 3 aromatic rings. The zero-order valence-electron chi connectivity index (χ0n) is 27.1. The molecule has 9 nitrogen and oxygen atoms in total. The molecule has 6 rings (SSSR count). The number of anilines is 1. The van der Waals surface area contributed by atoms with Gasteiger partial charge in [0.05, 0.1) is 25.3 Å². The van der Waals surface area contributed by atoms with Crippen molar-refractivity contribution >= 4 is 18.1 Å². The van der Waals surface area contributed by atoms with Gasteiger partial charge in [0.25, 0.3) is 0 Å². The minimum Gasteiger partial charge on any atom is -0.457 e. The molecule has 46 heavy (non-hydrogen) atoms. The highest BCUT2D eigenvalue weighted by Crippen LogP contribution is 2.45. The summed E-state index contributed by atoms with van der Waals surface area (Å²) < 4.78 is 10.2. The van der Waals surface area contributed by atoms with Gasteiger partial charge in [-0.3, -0.25) is 20.0 Å². The quantitative estimate of drug-likeness (QED) is 0.194. The van der Waals surface area contributed by atoms with Crippen LogP contribution in [0.3, 0.4) is 0 Å². The van der Waals surface area contributed by atoms with Crippen LogP contribution in [0.25, 0.3) is 11.1 Å². The number of aliphatic hydroxyl groups excluding tert-OH is 1. The summed E-state index contributed by atoms with van der Waals surface area (Å²) in [4.78, 5) is 16.4. The average molecular weight is 622 g/mol. The number of fused-ring (bicyclic) bond motifs is 1. The number of aromatic nitrogens is 1. The standard InChI is InChI=1S/C37H44N6O3/c1-5-33(45)41-20-18-29(19-21-41)42-22-27(23-42)12-17-32-34(28-13-15-31(16-14-28)46-30-10-8-7-9-11-30)35-36(43(32)26(3)24-44)39-25-40(4)37(35,38)6-2/h5,7-11,13-16,25-27,29,44H,1,6,18-24,38H2,2-4H3/p+1. The zero-order chi connectivity index (χ0) is 32.4. The molecule has 4 heterocycles. The Morgan fingerprint density at radius 1 is 1.17 bits per heavy atom. The maximum Gasteiger partial charge on any atom is 0.245 e. The summed E-state index contributed by atoms with van der Waals surface area (Å²) in [6, 6.07) is 18.1. The number of hydrogen-bond acceptors (Lipinski definition) is 6. The Morgan fingerprint density at radius 3 is 2.48 bits per heavy atom. The van der Waals surface area contributed by atoms with Gasteiger partial charge in [-0.2, -0.15) is 0 Å². The van der Waals surface area contributed by atoms with Crippen molar-refractivity contribution in [3.63, 3.8) is 0 Å². The van der Waals surface area contributed by atoms with E-state index in [0.717, 1.165) is 78.7 Å². The Bertz CT molecular complexity index is 1670. The molecule has 3 aliphatic heterocycles. The van der Waals surface area contributed by atoms with Gasteiger partial charge in [0.2, 0.25) is 18.1 Å². The summed E-state index contributed by atoms with van der Waals surface area (Å²) in [5.74, 6) is 9.83. The van der Waals surface area contributed by atoms with Crippen LogP contribution in [0.15, 0.2) is 67.3 Å². The number of rotatable bonds is 8. The van der Waals surface area contributed by atoms with Crippen LogP contribution in [-0.2, 0) is 10.5 Å². The summed E-state index contributed by atoms with van der Waals surface area (Å²) in [7, 11) is 1.99. The SMILES string of the molecule is C=CC(=O)N1CCC(N2CC(C#Cc3c(-c4ccc(Oc5ccccc5)cc4)c4c(n3C(C)CO)NC=[N+](C)C4(N)CC)C2)CC1. The number of aliphatic hydroxyl groups is 1. The Kier molecular flexibility index (Phi) is 9.05. The predicted molar refractivity (Wildman–Crippen MR) is 182 cm³/mol. The highest BCUT2D eigenvalue weighted by atomic mass is 16.5. The van der Waals surface area contributed by atoms with Crippen LogP contribution >= 0.6 is 0 Å². The van der Waals surface area contributed by atoms with Crippen LogP contribution in [0.2, 0.25) is 0 Å². The zero-order valence-corrected chi connectivity index (χ0v) is 27.1. The number of nitrogens with two attached hydrogens (primary N) is 1. The van der Waals surface area contributed by atoms with E-state index in [1.165, 1.54) is 6.08 Å². The van der Waals surface area contributed by atoms with Gasteiger partial charge in [0.15, 0.2) is 5.66 Å². The van der Waals surface area contributed by atoms with Crippen molar-refractivity contribution < 1.29 is 19.2 Å². The summed E-state index contributed by atoms with van der Waals surface area (Å²) in [5.41, 5.74) is 10.2. The number of amides is 1. The molecule has 0 radical (unpaired) electrons. The molecule has 9 heteroatoms. The third-order valence-electron chi connectivity index (χ3n) is 9.80. The van der Waals surface area contributed by atoms with Crippen LogP contribution < -0.4 is 15.8 Å². The monoisotopic (exact) mass is 621 g/mol. The van der Waals surface area contributed by atoms with E-state index in [1.807, 2.05) is 72.2 Å². The van der Waals surface area contributed by atoms with Crippen molar-refractivity contribution in [1.29, 1.82) is 0 Å². The number of carbonyl (C=O) groups is 1. The Labute approximate surface area is 272 Å². The number of carbonyl (C=O) groups excluding carboxylic acids is 1. The van der Waals surface area contributed by atoms with Gasteiger partial charge >= 0.3 is 0 Å². The van der Waals surface area contributed by atoms with E-state index >= 15 is 0 Å². The van der Waals surface area contributed by atoms with Crippen LogP contribution in [0, 0.1) is 17.8 Å². The van der Waals surface area contributed by atoms with E-state index in [1.54, 1.807) is 0 Å². The smallest absolute Gasteiger partial charge is 0.245 e. The lowest BCUT2D eigenvalue weighted by atomic mass is 9.89. The Hall–Kier alpha value is -4.36. The lowest BCUT2D eigenvalue weighted by molar-refractivity contribution is -0.590. The predicted octanol–water partition coefficient (Wildman–Crippen LogP) is 4.58. The Balaban J connectivity index is 1.33. The molecule has 3 aliphatic rings. The normalized spacial score (nSPS) is 20.8. The van der Waals surface area contributed by atoms with E-state index in [4.69, 9.17) is 10.5 Å². The van der Waals surface area contributed by atoms with E-state index in [2.05, 4.69) is 52.3 Å². The molecule has 2 atom stereocenters. The number of likely N-dealkylation sites (tertiary alicyclic amines) is 2. The summed E-state index contributed by atoms with van der Waals surface area (Å²) >= 11 is 0. The van der Waals surface area contributed by atoms with Gasteiger partial charge in [-0.05, 0) is 61.6 Å². The molecule has 1 aromatic heterocycles. The second kappa shape index (κ2) is 13.2. The second-order valence-corrected chi connectivity index (χ2v) is 12.6. The topological polar surface area (TPSA) is 99.0 Å². The molecule has 2 unspecified atom stereocenters. The maximum absolute atomic E-state index is 12.0. The number of nitrogens with zero attached hydrogens (tertiary/aromatic N) is 4. The molecule has 0 bridgehead atoms. The second-order valence-electron chi connectivity index (χ2n) is 12.6. The minimum atomic E-state index is -0.777. The van der Waals surface area contributed by atoms with Gasteiger partial charge in [-0.15, -0.1) is 0 Å². The van der Waals surface area contributed by atoms with Crippen molar-refractivity contribution in [2.45, 2.75) is 50.9 Å². The lowest BCUT2D eigenvalue weighted by Gasteiger charge is -2.45. The molecule has 0 aliphatic carbocycles. The molecule has 1 amide bonds. The first-order valence-electron chi connectivity index (χ1n) is 16.3. The van der Waals surface area contributed by atoms with Crippen LogP contribution in [0.5, 0.6) is 11.5 Å². The third-order valence-corrected chi connectivity index (χ3v) is 9.80. The molecule has 4 N–H and O–H groups in total. The van der Waals surface area contributed by atoms with Crippen LogP contribution in [0.1, 0.15) is 50.4 Å². The van der Waals surface area contributed by atoms with Crippen molar-refractivity contribution in [2.75, 3.05) is 45.2 Å². The van der Waals surface area contributed by atoms with E-state index in [-0.39, 0.29) is 24.5 Å². The molecule has 2 aromatic carbocycles. The number of benzene rings is 2. The molecule has 0 saturated carbocycles. The fourth-order valence-corrected chi connectivity index (χ4v) is 6.92. The molecular weight excluding hydrogens is 576 g/mol. The highest BCUT2D eigenvalue weighted by molar-refractivity contribution is 5.87. The van der Waals surface area contributed by atoms with Gasteiger partial charge in [-0.25, -0.2) is 9.89 Å².